The largest absolute Gasteiger partial charge is 0.492 e. The molecule has 0 saturated carbocycles. The van der Waals surface area contributed by atoms with Crippen molar-refractivity contribution in [3.05, 3.63) is 23.3 Å². The maximum Gasteiger partial charge on any atom is 0.255 e. The summed E-state index contributed by atoms with van der Waals surface area (Å²) in [7, 11) is 0. The number of anilines is 1. The highest BCUT2D eigenvalue weighted by Gasteiger charge is 2.35. The van der Waals surface area contributed by atoms with E-state index in [9.17, 15) is 4.79 Å². The van der Waals surface area contributed by atoms with E-state index in [1.165, 1.54) is 25.9 Å². The number of nitrogens with one attached hydrogen (secondary N) is 1. The summed E-state index contributed by atoms with van der Waals surface area (Å²) in [6.07, 6.45) is 3.19. The Morgan fingerprint density at radius 1 is 1.33 bits per heavy atom. The van der Waals surface area contributed by atoms with Gasteiger partial charge in [0, 0.05) is 30.3 Å². The van der Waals surface area contributed by atoms with Gasteiger partial charge in [0.2, 0.25) is 0 Å². The van der Waals surface area contributed by atoms with E-state index in [1.54, 1.807) is 6.07 Å². The molecule has 4 aliphatic rings. The van der Waals surface area contributed by atoms with Crippen LogP contribution in [0.1, 0.15) is 28.8 Å². The van der Waals surface area contributed by atoms with Gasteiger partial charge in [0.05, 0.1) is 12.2 Å². The molecule has 3 saturated heterocycles. The fourth-order valence-electron chi connectivity index (χ4n) is 3.87. The maximum absolute atomic E-state index is 12.6. The molecule has 1 aromatic carbocycles. The minimum Gasteiger partial charge on any atom is -0.492 e. The van der Waals surface area contributed by atoms with Crippen LogP contribution in [0, 0.1) is 5.92 Å². The van der Waals surface area contributed by atoms with Gasteiger partial charge in [-0.3, -0.25) is 4.79 Å². The number of hydrogen-bond donors (Lipinski definition) is 2. The second kappa shape index (κ2) is 4.91. The zero-order chi connectivity index (χ0) is 14.4. The molecule has 21 heavy (non-hydrogen) atoms. The molecule has 4 heterocycles. The Morgan fingerprint density at radius 3 is 2.86 bits per heavy atom. The van der Waals surface area contributed by atoms with Crippen LogP contribution >= 0.6 is 0 Å². The van der Waals surface area contributed by atoms with Crippen molar-refractivity contribution in [3.63, 3.8) is 0 Å². The molecule has 5 heteroatoms. The molecule has 5 rings (SSSR count). The van der Waals surface area contributed by atoms with E-state index in [1.807, 2.05) is 6.07 Å². The van der Waals surface area contributed by atoms with Gasteiger partial charge >= 0.3 is 0 Å². The summed E-state index contributed by atoms with van der Waals surface area (Å²) in [5.74, 6) is 1.29. The highest BCUT2D eigenvalue weighted by molar-refractivity contribution is 5.98. The standard InChI is InChI=1S/C16H21N3O2/c17-13-2-1-12(15-11(13)5-8-21-15)16(20)18-14-9-19-6-3-10(14)4-7-19/h1-2,10,14H,3-9,17H2,(H,18,20)/t14-/m0/s1. The summed E-state index contributed by atoms with van der Waals surface area (Å²) in [5.41, 5.74) is 8.30. The predicted molar refractivity (Wildman–Crippen MR) is 80.5 cm³/mol. The fourth-order valence-corrected chi connectivity index (χ4v) is 3.87. The normalized spacial score (nSPS) is 29.8. The molecule has 112 valence electrons. The zero-order valence-electron chi connectivity index (χ0n) is 12.1. The number of rotatable bonds is 2. The number of nitrogens with two attached hydrogens (primary N) is 1. The molecule has 0 aliphatic carbocycles. The van der Waals surface area contributed by atoms with Gasteiger partial charge in [0.25, 0.3) is 5.91 Å². The fraction of sp³-hybridized carbons (Fsp3) is 0.562. The van der Waals surface area contributed by atoms with Gasteiger partial charge in [0.1, 0.15) is 5.75 Å². The third-order valence-electron chi connectivity index (χ3n) is 5.11. The monoisotopic (exact) mass is 287 g/mol. The molecule has 0 spiro atoms. The Balaban J connectivity index is 1.55. The van der Waals surface area contributed by atoms with E-state index in [0.29, 0.717) is 23.8 Å². The molecule has 4 aliphatic heterocycles. The third-order valence-corrected chi connectivity index (χ3v) is 5.11. The summed E-state index contributed by atoms with van der Waals surface area (Å²) in [4.78, 5) is 15.0. The molecule has 0 radical (unpaired) electrons. The zero-order valence-corrected chi connectivity index (χ0v) is 12.1. The average Bonchev–Trinajstić information content (AvgIpc) is 2.99. The van der Waals surface area contributed by atoms with Crippen LogP contribution in [0.3, 0.4) is 0 Å². The van der Waals surface area contributed by atoms with Crippen molar-refractivity contribution in [2.75, 3.05) is 32.0 Å². The number of ether oxygens (including phenoxy) is 1. The molecular formula is C16H21N3O2. The first-order valence-corrected chi connectivity index (χ1v) is 7.80. The van der Waals surface area contributed by atoms with Gasteiger partial charge in [-0.1, -0.05) is 0 Å². The molecule has 2 bridgehead atoms. The lowest BCUT2D eigenvalue weighted by Crippen LogP contribution is -2.57. The van der Waals surface area contributed by atoms with Crippen LogP contribution in [-0.4, -0.2) is 43.1 Å². The topological polar surface area (TPSA) is 67.6 Å². The molecule has 0 aromatic heterocycles. The van der Waals surface area contributed by atoms with Crippen molar-refractivity contribution < 1.29 is 9.53 Å². The van der Waals surface area contributed by atoms with E-state index in [-0.39, 0.29) is 11.9 Å². The summed E-state index contributed by atoms with van der Waals surface area (Å²) < 4.78 is 5.63. The number of carbonyl (C=O) groups excluding carboxylic acids is 1. The van der Waals surface area contributed by atoms with Crippen LogP contribution < -0.4 is 15.8 Å². The summed E-state index contributed by atoms with van der Waals surface area (Å²) in [5, 5.41) is 3.21. The number of carbonyl (C=O) groups is 1. The third kappa shape index (κ3) is 2.16. The lowest BCUT2D eigenvalue weighted by molar-refractivity contribution is 0.0619. The highest BCUT2D eigenvalue weighted by Crippen LogP contribution is 2.34. The van der Waals surface area contributed by atoms with Crippen LogP contribution in [-0.2, 0) is 6.42 Å². The number of nitrogens with zero attached hydrogens (tertiary/aromatic N) is 1. The SMILES string of the molecule is Nc1ccc(C(=O)N[C@H]2CN3CCC2CC3)c2c1CCO2. The minimum atomic E-state index is -0.0214. The first kappa shape index (κ1) is 13.0. The van der Waals surface area contributed by atoms with E-state index in [0.717, 1.165) is 24.2 Å². The molecule has 3 fully saturated rings. The second-order valence-electron chi connectivity index (χ2n) is 6.33. The van der Waals surface area contributed by atoms with Gasteiger partial charge in [-0.15, -0.1) is 0 Å². The van der Waals surface area contributed by atoms with Crippen LogP contribution in [0.4, 0.5) is 5.69 Å². The van der Waals surface area contributed by atoms with Gasteiger partial charge in [0.15, 0.2) is 0 Å². The van der Waals surface area contributed by atoms with E-state index in [4.69, 9.17) is 10.5 Å². The molecule has 5 nitrogen and oxygen atoms in total. The number of piperidine rings is 3. The van der Waals surface area contributed by atoms with Crippen LogP contribution in [0.15, 0.2) is 12.1 Å². The Hall–Kier alpha value is -1.75. The molecule has 0 unspecified atom stereocenters. The Morgan fingerprint density at radius 2 is 2.14 bits per heavy atom. The molecular weight excluding hydrogens is 266 g/mol. The minimum absolute atomic E-state index is 0.0214. The number of benzene rings is 1. The molecule has 1 amide bonds. The Labute approximate surface area is 124 Å². The van der Waals surface area contributed by atoms with Crippen molar-refractivity contribution in [3.8, 4) is 5.75 Å². The second-order valence-corrected chi connectivity index (χ2v) is 6.33. The van der Waals surface area contributed by atoms with Crippen molar-refractivity contribution in [2.45, 2.75) is 25.3 Å². The van der Waals surface area contributed by atoms with Crippen LogP contribution in [0.5, 0.6) is 5.75 Å². The average molecular weight is 287 g/mol. The molecule has 1 atom stereocenters. The van der Waals surface area contributed by atoms with Crippen molar-refractivity contribution in [1.29, 1.82) is 0 Å². The number of nitrogen functional groups attached to an aromatic ring is 1. The van der Waals surface area contributed by atoms with Gasteiger partial charge in [-0.05, 0) is 44.0 Å². The van der Waals surface area contributed by atoms with Crippen molar-refractivity contribution in [2.24, 2.45) is 5.92 Å². The summed E-state index contributed by atoms with van der Waals surface area (Å²) in [6.45, 7) is 3.95. The molecule has 3 N–H and O–H groups in total. The number of hydrogen-bond acceptors (Lipinski definition) is 4. The van der Waals surface area contributed by atoms with Gasteiger partial charge in [-0.2, -0.15) is 0 Å². The predicted octanol–water partition coefficient (Wildman–Crippen LogP) is 1.03. The van der Waals surface area contributed by atoms with Gasteiger partial charge in [-0.25, -0.2) is 0 Å². The summed E-state index contributed by atoms with van der Waals surface area (Å²) in [6, 6.07) is 3.88. The Bertz CT molecular complexity index is 579. The van der Waals surface area contributed by atoms with Gasteiger partial charge < -0.3 is 20.7 Å². The lowest BCUT2D eigenvalue weighted by atomic mass is 9.84. The van der Waals surface area contributed by atoms with Crippen molar-refractivity contribution in [1.82, 2.24) is 10.2 Å². The maximum atomic E-state index is 12.6. The summed E-state index contributed by atoms with van der Waals surface area (Å²) >= 11 is 0. The Kier molecular flexibility index (Phi) is 3.03. The highest BCUT2D eigenvalue weighted by atomic mass is 16.5. The van der Waals surface area contributed by atoms with Crippen molar-refractivity contribution >= 4 is 11.6 Å². The first-order valence-electron chi connectivity index (χ1n) is 7.80. The van der Waals surface area contributed by atoms with E-state index in [2.05, 4.69) is 10.2 Å². The van der Waals surface area contributed by atoms with Crippen LogP contribution in [0.2, 0.25) is 0 Å². The number of fused-ring (bicyclic) bond motifs is 4. The quantitative estimate of drug-likeness (QED) is 0.797. The smallest absolute Gasteiger partial charge is 0.255 e. The van der Waals surface area contributed by atoms with E-state index >= 15 is 0 Å². The van der Waals surface area contributed by atoms with Crippen LogP contribution in [0.25, 0.3) is 0 Å². The molecule has 1 aromatic rings. The number of amides is 1. The lowest BCUT2D eigenvalue weighted by Gasteiger charge is -2.44. The van der Waals surface area contributed by atoms with E-state index < -0.39 is 0 Å². The first-order chi connectivity index (χ1) is 10.2.